The molecule has 0 aliphatic carbocycles. The van der Waals surface area contributed by atoms with E-state index >= 15 is 0 Å². The predicted molar refractivity (Wildman–Crippen MR) is 76.1 cm³/mol. The van der Waals surface area contributed by atoms with Gasteiger partial charge in [0.1, 0.15) is 0 Å². The van der Waals surface area contributed by atoms with Crippen LogP contribution in [0.4, 0.5) is 0 Å². The van der Waals surface area contributed by atoms with Crippen LogP contribution in [-0.2, 0) is 11.8 Å². The van der Waals surface area contributed by atoms with Gasteiger partial charge in [-0.2, -0.15) is 0 Å². The SMILES string of the molecule is Cc1cc(CC(C)C)c(Br)cc1C(C)(C)C. The molecule has 0 bridgehead atoms. The van der Waals surface area contributed by atoms with E-state index in [0.29, 0.717) is 5.92 Å². The Morgan fingerprint density at radius 2 is 1.75 bits per heavy atom. The molecule has 16 heavy (non-hydrogen) atoms. The summed E-state index contributed by atoms with van der Waals surface area (Å²) in [6, 6.07) is 4.64. The lowest BCUT2D eigenvalue weighted by Gasteiger charge is -2.23. The second-order valence-corrected chi connectivity index (χ2v) is 6.96. The van der Waals surface area contributed by atoms with Crippen molar-refractivity contribution in [3.63, 3.8) is 0 Å². The van der Waals surface area contributed by atoms with E-state index in [1.165, 1.54) is 21.2 Å². The highest BCUT2D eigenvalue weighted by Crippen LogP contribution is 2.31. The fourth-order valence-electron chi connectivity index (χ4n) is 2.15. The molecule has 90 valence electrons. The first-order valence-electron chi connectivity index (χ1n) is 6.01. The molecule has 0 aromatic heterocycles. The highest BCUT2D eigenvalue weighted by atomic mass is 79.9. The topological polar surface area (TPSA) is 0 Å². The van der Waals surface area contributed by atoms with Crippen molar-refractivity contribution in [2.24, 2.45) is 5.92 Å². The van der Waals surface area contributed by atoms with Crippen LogP contribution in [0.3, 0.4) is 0 Å². The lowest BCUT2D eigenvalue weighted by molar-refractivity contribution is 0.584. The Bertz CT molecular complexity index is 370. The number of aryl methyl sites for hydroxylation is 1. The summed E-state index contributed by atoms with van der Waals surface area (Å²) in [6.07, 6.45) is 1.14. The number of halogens is 1. The summed E-state index contributed by atoms with van der Waals surface area (Å²) < 4.78 is 1.26. The van der Waals surface area contributed by atoms with Crippen molar-refractivity contribution >= 4 is 15.9 Å². The first kappa shape index (κ1) is 13.8. The summed E-state index contributed by atoms with van der Waals surface area (Å²) in [4.78, 5) is 0. The van der Waals surface area contributed by atoms with Crippen LogP contribution in [-0.4, -0.2) is 0 Å². The average molecular weight is 283 g/mol. The monoisotopic (exact) mass is 282 g/mol. The van der Waals surface area contributed by atoms with Crippen LogP contribution >= 0.6 is 15.9 Å². The van der Waals surface area contributed by atoms with Crippen molar-refractivity contribution in [2.45, 2.75) is 53.4 Å². The van der Waals surface area contributed by atoms with Crippen LogP contribution in [0.1, 0.15) is 51.3 Å². The quantitative estimate of drug-likeness (QED) is 0.695. The molecule has 0 atom stereocenters. The lowest BCUT2D eigenvalue weighted by atomic mass is 9.83. The molecule has 1 heteroatoms. The maximum absolute atomic E-state index is 3.70. The maximum atomic E-state index is 3.70. The van der Waals surface area contributed by atoms with E-state index in [0.717, 1.165) is 6.42 Å². The first-order chi connectivity index (χ1) is 7.21. The molecule has 0 amide bonds. The van der Waals surface area contributed by atoms with E-state index in [9.17, 15) is 0 Å². The summed E-state index contributed by atoms with van der Waals surface area (Å²) in [6.45, 7) is 13.5. The van der Waals surface area contributed by atoms with Gasteiger partial charge in [-0.25, -0.2) is 0 Å². The van der Waals surface area contributed by atoms with E-state index < -0.39 is 0 Å². The maximum Gasteiger partial charge on any atom is 0.0210 e. The largest absolute Gasteiger partial charge is 0.0625 e. The fourth-order valence-corrected chi connectivity index (χ4v) is 2.65. The van der Waals surface area contributed by atoms with E-state index in [-0.39, 0.29) is 5.41 Å². The zero-order valence-corrected chi connectivity index (χ0v) is 12.9. The van der Waals surface area contributed by atoms with Crippen LogP contribution in [0.15, 0.2) is 16.6 Å². The van der Waals surface area contributed by atoms with Gasteiger partial charge in [-0.1, -0.05) is 56.6 Å². The van der Waals surface area contributed by atoms with Crippen LogP contribution in [0.25, 0.3) is 0 Å². The molecule has 0 saturated heterocycles. The molecule has 0 saturated carbocycles. The minimum atomic E-state index is 0.225. The molecule has 0 spiro atoms. The van der Waals surface area contributed by atoms with Crippen molar-refractivity contribution in [1.82, 2.24) is 0 Å². The van der Waals surface area contributed by atoms with Gasteiger partial charge in [0.25, 0.3) is 0 Å². The molecular weight excluding hydrogens is 260 g/mol. The Labute approximate surface area is 109 Å². The highest BCUT2D eigenvalue weighted by Gasteiger charge is 2.18. The molecule has 0 fully saturated rings. The van der Waals surface area contributed by atoms with Gasteiger partial charge in [0.05, 0.1) is 0 Å². The molecule has 1 rings (SSSR count). The van der Waals surface area contributed by atoms with Crippen molar-refractivity contribution in [3.05, 3.63) is 33.3 Å². The summed E-state index contributed by atoms with van der Waals surface area (Å²) in [7, 11) is 0. The smallest absolute Gasteiger partial charge is 0.0210 e. The van der Waals surface area contributed by atoms with Crippen molar-refractivity contribution in [3.8, 4) is 0 Å². The molecule has 0 nitrogen and oxygen atoms in total. The third-order valence-electron chi connectivity index (χ3n) is 2.83. The second kappa shape index (κ2) is 4.91. The highest BCUT2D eigenvalue weighted by molar-refractivity contribution is 9.10. The van der Waals surface area contributed by atoms with Gasteiger partial charge in [-0.3, -0.25) is 0 Å². The van der Waals surface area contributed by atoms with E-state index in [1.54, 1.807) is 0 Å². The van der Waals surface area contributed by atoms with E-state index in [4.69, 9.17) is 0 Å². The lowest BCUT2D eigenvalue weighted by Crippen LogP contribution is -2.13. The number of hydrogen-bond donors (Lipinski definition) is 0. The van der Waals surface area contributed by atoms with Crippen molar-refractivity contribution in [2.75, 3.05) is 0 Å². The molecule has 0 heterocycles. The van der Waals surface area contributed by atoms with Gasteiger partial charge in [-0.05, 0) is 47.4 Å². The molecule has 0 aliphatic heterocycles. The van der Waals surface area contributed by atoms with E-state index in [2.05, 4.69) is 69.6 Å². The number of benzene rings is 1. The minimum absolute atomic E-state index is 0.225. The zero-order chi connectivity index (χ0) is 12.5. The Hall–Kier alpha value is -0.300. The standard InChI is InChI=1S/C15H23Br/c1-10(2)7-12-8-11(3)13(9-14(12)16)15(4,5)6/h8-10H,7H2,1-6H3. The van der Waals surface area contributed by atoms with Gasteiger partial charge >= 0.3 is 0 Å². The molecule has 0 aliphatic rings. The third-order valence-corrected chi connectivity index (χ3v) is 3.57. The normalized spacial score (nSPS) is 12.2. The summed E-state index contributed by atoms with van der Waals surface area (Å²) in [5.41, 5.74) is 4.50. The van der Waals surface area contributed by atoms with Crippen LogP contribution in [0.2, 0.25) is 0 Å². The predicted octanol–water partition coefficient (Wildman–Crippen LogP) is 5.25. The van der Waals surface area contributed by atoms with Gasteiger partial charge in [0, 0.05) is 4.47 Å². The molecule has 1 aromatic rings. The van der Waals surface area contributed by atoms with Crippen molar-refractivity contribution < 1.29 is 0 Å². The third kappa shape index (κ3) is 3.35. The van der Waals surface area contributed by atoms with Crippen LogP contribution < -0.4 is 0 Å². The Morgan fingerprint density at radius 1 is 1.19 bits per heavy atom. The first-order valence-corrected chi connectivity index (χ1v) is 6.80. The van der Waals surface area contributed by atoms with E-state index in [1.807, 2.05) is 0 Å². The molecule has 1 aromatic carbocycles. The fraction of sp³-hybridized carbons (Fsp3) is 0.600. The number of hydrogen-bond acceptors (Lipinski definition) is 0. The van der Waals surface area contributed by atoms with Crippen LogP contribution in [0, 0.1) is 12.8 Å². The molecule has 0 unspecified atom stereocenters. The average Bonchev–Trinajstić information content (AvgIpc) is 2.07. The summed E-state index contributed by atoms with van der Waals surface area (Å²) >= 11 is 3.70. The van der Waals surface area contributed by atoms with Gasteiger partial charge in [-0.15, -0.1) is 0 Å². The summed E-state index contributed by atoms with van der Waals surface area (Å²) in [5, 5.41) is 0. The van der Waals surface area contributed by atoms with Gasteiger partial charge < -0.3 is 0 Å². The Morgan fingerprint density at radius 3 is 2.19 bits per heavy atom. The van der Waals surface area contributed by atoms with Crippen LogP contribution in [0.5, 0.6) is 0 Å². The number of rotatable bonds is 2. The Balaban J connectivity index is 3.17. The molecule has 0 N–H and O–H groups in total. The zero-order valence-electron chi connectivity index (χ0n) is 11.3. The van der Waals surface area contributed by atoms with Gasteiger partial charge in [0.2, 0.25) is 0 Å². The second-order valence-electron chi connectivity index (χ2n) is 6.11. The Kier molecular flexibility index (Phi) is 4.23. The summed E-state index contributed by atoms with van der Waals surface area (Å²) in [5.74, 6) is 0.705. The van der Waals surface area contributed by atoms with Gasteiger partial charge in [0.15, 0.2) is 0 Å². The minimum Gasteiger partial charge on any atom is -0.0625 e. The van der Waals surface area contributed by atoms with Crippen molar-refractivity contribution in [1.29, 1.82) is 0 Å². The molecular formula is C15H23Br. The molecule has 0 radical (unpaired) electrons.